The number of rotatable bonds is 3. The SMILES string of the molecule is CN=C(NCC1CCN(C)CC1)N1CCC(c2cnn(C)c2)C1.I. The van der Waals surface area contributed by atoms with Gasteiger partial charge in [-0.3, -0.25) is 9.67 Å². The number of nitrogens with zero attached hydrogens (tertiary/aromatic N) is 5. The first kappa shape index (κ1) is 19.5. The second kappa shape index (κ2) is 9.03. The monoisotopic (exact) mass is 446 g/mol. The number of guanidine groups is 1. The van der Waals surface area contributed by atoms with Gasteiger partial charge >= 0.3 is 0 Å². The number of likely N-dealkylation sites (tertiary alicyclic amines) is 2. The molecule has 0 aliphatic carbocycles. The maximum Gasteiger partial charge on any atom is 0.193 e. The zero-order chi connectivity index (χ0) is 16.2. The molecule has 2 saturated heterocycles. The van der Waals surface area contributed by atoms with Gasteiger partial charge in [0, 0.05) is 45.8 Å². The van der Waals surface area contributed by atoms with E-state index >= 15 is 0 Å². The molecule has 2 aliphatic heterocycles. The molecule has 1 aromatic rings. The minimum absolute atomic E-state index is 0. The zero-order valence-electron chi connectivity index (χ0n) is 15.1. The fraction of sp³-hybridized carbons (Fsp3) is 0.765. The van der Waals surface area contributed by atoms with Gasteiger partial charge in [0.25, 0.3) is 0 Å². The molecule has 24 heavy (non-hydrogen) atoms. The third-order valence-corrected chi connectivity index (χ3v) is 5.28. The number of aryl methyl sites for hydroxylation is 1. The summed E-state index contributed by atoms with van der Waals surface area (Å²) < 4.78 is 1.89. The van der Waals surface area contributed by atoms with Crippen molar-refractivity contribution in [2.24, 2.45) is 18.0 Å². The van der Waals surface area contributed by atoms with E-state index in [9.17, 15) is 0 Å². The third-order valence-electron chi connectivity index (χ3n) is 5.28. The molecule has 6 nitrogen and oxygen atoms in total. The van der Waals surface area contributed by atoms with E-state index in [1.807, 2.05) is 25.0 Å². The molecule has 0 spiro atoms. The van der Waals surface area contributed by atoms with Crippen molar-refractivity contribution in [2.75, 3.05) is 46.8 Å². The van der Waals surface area contributed by atoms with Crippen LogP contribution in [0.4, 0.5) is 0 Å². The molecule has 1 N–H and O–H groups in total. The molecule has 0 amide bonds. The number of halogens is 1. The molecule has 0 saturated carbocycles. The summed E-state index contributed by atoms with van der Waals surface area (Å²) in [7, 11) is 6.10. The van der Waals surface area contributed by atoms with Gasteiger partial charge in [0.2, 0.25) is 0 Å². The van der Waals surface area contributed by atoms with Crippen LogP contribution in [0.5, 0.6) is 0 Å². The molecule has 0 bridgehead atoms. The molecule has 3 heterocycles. The summed E-state index contributed by atoms with van der Waals surface area (Å²) in [6, 6.07) is 0. The van der Waals surface area contributed by atoms with E-state index in [0.29, 0.717) is 5.92 Å². The van der Waals surface area contributed by atoms with E-state index in [1.165, 1.54) is 37.9 Å². The Hall–Kier alpha value is -0.830. The average molecular weight is 446 g/mol. The molecule has 1 aromatic heterocycles. The van der Waals surface area contributed by atoms with Crippen LogP contribution in [-0.2, 0) is 7.05 Å². The lowest BCUT2D eigenvalue weighted by atomic mass is 9.97. The Bertz CT molecular complexity index is 535. The lowest BCUT2D eigenvalue weighted by molar-refractivity contribution is 0.219. The molecule has 7 heteroatoms. The summed E-state index contributed by atoms with van der Waals surface area (Å²) in [6.45, 7) is 5.61. The predicted molar refractivity (Wildman–Crippen MR) is 109 cm³/mol. The smallest absolute Gasteiger partial charge is 0.193 e. The molecular weight excluding hydrogens is 415 g/mol. The highest BCUT2D eigenvalue weighted by Crippen LogP contribution is 2.26. The van der Waals surface area contributed by atoms with Gasteiger partial charge in [-0.05, 0) is 50.9 Å². The van der Waals surface area contributed by atoms with Gasteiger partial charge in [-0.1, -0.05) is 0 Å². The largest absolute Gasteiger partial charge is 0.356 e. The lowest BCUT2D eigenvalue weighted by Crippen LogP contribution is -2.43. The molecule has 2 fully saturated rings. The van der Waals surface area contributed by atoms with Crippen LogP contribution in [0.1, 0.15) is 30.7 Å². The van der Waals surface area contributed by atoms with Gasteiger partial charge < -0.3 is 15.1 Å². The van der Waals surface area contributed by atoms with Crippen LogP contribution >= 0.6 is 24.0 Å². The van der Waals surface area contributed by atoms with Crippen molar-refractivity contribution in [3.05, 3.63) is 18.0 Å². The second-order valence-corrected chi connectivity index (χ2v) is 7.05. The van der Waals surface area contributed by atoms with E-state index in [2.05, 4.69) is 38.5 Å². The number of nitrogens with one attached hydrogen (secondary N) is 1. The van der Waals surface area contributed by atoms with E-state index in [1.54, 1.807) is 0 Å². The molecule has 1 atom stereocenters. The third kappa shape index (κ3) is 4.84. The van der Waals surface area contributed by atoms with Crippen LogP contribution in [0.2, 0.25) is 0 Å². The molecule has 1 unspecified atom stereocenters. The van der Waals surface area contributed by atoms with Crippen LogP contribution in [0.15, 0.2) is 17.4 Å². The Kier molecular flexibility index (Phi) is 7.34. The van der Waals surface area contributed by atoms with Crippen molar-refractivity contribution in [2.45, 2.75) is 25.2 Å². The molecule has 0 radical (unpaired) electrons. The minimum Gasteiger partial charge on any atom is -0.356 e. The quantitative estimate of drug-likeness (QED) is 0.437. The van der Waals surface area contributed by atoms with Gasteiger partial charge in [-0.25, -0.2) is 0 Å². The van der Waals surface area contributed by atoms with Crippen molar-refractivity contribution in [1.82, 2.24) is 24.9 Å². The molecule has 3 rings (SSSR count). The summed E-state index contributed by atoms with van der Waals surface area (Å²) in [5.74, 6) is 2.42. The summed E-state index contributed by atoms with van der Waals surface area (Å²) in [5, 5.41) is 7.91. The van der Waals surface area contributed by atoms with Crippen molar-refractivity contribution in [1.29, 1.82) is 0 Å². The summed E-state index contributed by atoms with van der Waals surface area (Å²) in [4.78, 5) is 9.32. The van der Waals surface area contributed by atoms with Crippen LogP contribution < -0.4 is 5.32 Å². The van der Waals surface area contributed by atoms with Gasteiger partial charge in [-0.2, -0.15) is 5.10 Å². The predicted octanol–water partition coefficient (Wildman–Crippen LogP) is 1.74. The standard InChI is InChI=1S/C17H30N6.HI/c1-18-17(19-10-14-4-7-21(2)8-5-14)23-9-6-15(13-23)16-11-20-22(3)12-16;/h11-12,14-15H,4-10,13H2,1-3H3,(H,18,19);1H. The van der Waals surface area contributed by atoms with Gasteiger partial charge in [0.15, 0.2) is 5.96 Å². The van der Waals surface area contributed by atoms with Gasteiger partial charge in [0.1, 0.15) is 0 Å². The zero-order valence-corrected chi connectivity index (χ0v) is 17.4. The average Bonchev–Trinajstić information content (AvgIpc) is 3.19. The van der Waals surface area contributed by atoms with Crippen molar-refractivity contribution < 1.29 is 0 Å². The number of aliphatic imine (C=N–C) groups is 1. The van der Waals surface area contributed by atoms with Crippen molar-refractivity contribution in [3.63, 3.8) is 0 Å². The number of piperidine rings is 1. The fourth-order valence-electron chi connectivity index (χ4n) is 3.71. The Balaban J connectivity index is 0.00000208. The van der Waals surface area contributed by atoms with E-state index in [4.69, 9.17) is 0 Å². The number of hydrogen-bond acceptors (Lipinski definition) is 3. The van der Waals surface area contributed by atoms with E-state index < -0.39 is 0 Å². The topological polar surface area (TPSA) is 48.7 Å². The van der Waals surface area contributed by atoms with E-state index in [-0.39, 0.29) is 24.0 Å². The highest BCUT2D eigenvalue weighted by Gasteiger charge is 2.27. The Labute approximate surface area is 162 Å². The minimum atomic E-state index is 0. The van der Waals surface area contributed by atoms with Crippen LogP contribution in [0, 0.1) is 5.92 Å². The molecule has 0 aromatic carbocycles. The molecule has 136 valence electrons. The van der Waals surface area contributed by atoms with Gasteiger partial charge in [-0.15, -0.1) is 24.0 Å². The maximum absolute atomic E-state index is 4.50. The van der Waals surface area contributed by atoms with Crippen molar-refractivity contribution in [3.8, 4) is 0 Å². The first-order valence-electron chi connectivity index (χ1n) is 8.78. The Morgan fingerprint density at radius 2 is 2.00 bits per heavy atom. The van der Waals surface area contributed by atoms with Crippen LogP contribution in [0.3, 0.4) is 0 Å². The Morgan fingerprint density at radius 1 is 1.25 bits per heavy atom. The molecule has 2 aliphatic rings. The maximum atomic E-state index is 4.50. The summed E-state index contributed by atoms with van der Waals surface area (Å²) >= 11 is 0. The first-order chi connectivity index (χ1) is 11.2. The fourth-order valence-corrected chi connectivity index (χ4v) is 3.71. The lowest BCUT2D eigenvalue weighted by Gasteiger charge is -2.30. The van der Waals surface area contributed by atoms with Crippen molar-refractivity contribution >= 4 is 29.9 Å². The van der Waals surface area contributed by atoms with Crippen LogP contribution in [-0.4, -0.2) is 72.4 Å². The Morgan fingerprint density at radius 3 is 2.62 bits per heavy atom. The number of aromatic nitrogens is 2. The van der Waals surface area contributed by atoms with E-state index in [0.717, 1.165) is 31.5 Å². The number of hydrogen-bond donors (Lipinski definition) is 1. The highest BCUT2D eigenvalue weighted by atomic mass is 127. The summed E-state index contributed by atoms with van der Waals surface area (Å²) in [6.07, 6.45) is 7.91. The first-order valence-corrected chi connectivity index (χ1v) is 8.78. The molecular formula is C17H31IN6. The normalized spacial score (nSPS) is 23.4. The van der Waals surface area contributed by atoms with Gasteiger partial charge in [0.05, 0.1) is 6.20 Å². The highest BCUT2D eigenvalue weighted by molar-refractivity contribution is 14.0. The summed E-state index contributed by atoms with van der Waals surface area (Å²) in [5.41, 5.74) is 1.35. The second-order valence-electron chi connectivity index (χ2n) is 7.05. The van der Waals surface area contributed by atoms with Crippen LogP contribution in [0.25, 0.3) is 0 Å².